The molecular weight excluding hydrogens is 919 g/mol. The number of alkyl carbamates (subject to hydrolysis) is 1. The van der Waals surface area contributed by atoms with Crippen LogP contribution in [0.1, 0.15) is 96.6 Å². The number of primary amides is 1. The number of nitrogens with one attached hydrogen (secondary N) is 1. The molecule has 6 rings (SSSR count). The summed E-state index contributed by atoms with van der Waals surface area (Å²) >= 11 is 0. The molecule has 1 saturated heterocycles. The van der Waals surface area contributed by atoms with E-state index in [1.807, 2.05) is 0 Å². The molecule has 1 heterocycles. The molecule has 2 aromatic rings. The third kappa shape index (κ3) is 10.0. The molecule has 4 fully saturated rings. The molecule has 2 aromatic carbocycles. The Bertz CT molecular complexity index is 2390. The molecule has 21 nitrogen and oxygen atoms in total. The van der Waals surface area contributed by atoms with E-state index in [1.165, 1.54) is 52.0 Å². The van der Waals surface area contributed by atoms with Crippen LogP contribution in [0.2, 0.25) is 0 Å². The Hall–Kier alpha value is -6.29. The largest absolute Gasteiger partial charge is 0.459 e. The Morgan fingerprint density at radius 3 is 2.10 bits per heavy atom. The third-order valence-corrected chi connectivity index (χ3v) is 14.2. The molecule has 2 bridgehead atoms. The Labute approximate surface area is 403 Å². The summed E-state index contributed by atoms with van der Waals surface area (Å²) in [5.74, 6) is -13.3. The van der Waals surface area contributed by atoms with Crippen molar-refractivity contribution < 1.29 is 86.5 Å². The predicted octanol–water partition coefficient (Wildman–Crippen LogP) is 1.70. The van der Waals surface area contributed by atoms with Gasteiger partial charge in [0.05, 0.1) is 42.1 Å². The van der Waals surface area contributed by atoms with Crippen LogP contribution < -0.4 is 16.8 Å². The van der Waals surface area contributed by atoms with Crippen molar-refractivity contribution in [1.82, 2.24) is 5.32 Å². The van der Waals surface area contributed by atoms with Crippen LogP contribution in [-0.4, -0.2) is 130 Å². The summed E-state index contributed by atoms with van der Waals surface area (Å²) in [5.41, 5.74) is 1.52. The van der Waals surface area contributed by atoms with Gasteiger partial charge in [0, 0.05) is 37.0 Å². The molecule has 380 valence electrons. The zero-order valence-electron chi connectivity index (χ0n) is 40.2. The van der Waals surface area contributed by atoms with Gasteiger partial charge in [0.2, 0.25) is 23.6 Å². The zero-order chi connectivity index (χ0) is 51.9. The Kier molecular flexibility index (Phi) is 15.0. The fraction of sp³-hybridized carbons (Fsp3) is 0.571. The number of amides is 2. The first-order valence-corrected chi connectivity index (χ1v) is 22.8. The average molecular weight is 980 g/mol. The lowest BCUT2D eigenvalue weighted by molar-refractivity contribution is -0.350. The number of carbonyl (C=O) groups is 9. The van der Waals surface area contributed by atoms with Crippen LogP contribution >= 0.6 is 0 Å². The number of benzene rings is 2. The number of carbonyl (C=O) groups excluding carboxylic acids is 9. The van der Waals surface area contributed by atoms with Gasteiger partial charge in [0.25, 0.3) is 0 Å². The van der Waals surface area contributed by atoms with Crippen molar-refractivity contribution in [3.05, 3.63) is 71.8 Å². The summed E-state index contributed by atoms with van der Waals surface area (Å²) in [5, 5.41) is 28.2. The summed E-state index contributed by atoms with van der Waals surface area (Å²) in [6, 6.07) is 12.3. The number of Topliss-reactive ketones (excluding diaryl/α,β-unsaturated/α-hetero) is 2. The molecule has 0 aromatic heterocycles. The number of nitrogens with two attached hydrogens (primary N) is 2. The number of ether oxygens (including phenoxy) is 7. The molecule has 21 heteroatoms. The van der Waals surface area contributed by atoms with Gasteiger partial charge in [-0.15, -0.1) is 0 Å². The van der Waals surface area contributed by atoms with Gasteiger partial charge in [-0.1, -0.05) is 69.3 Å². The predicted molar refractivity (Wildman–Crippen MR) is 239 cm³/mol. The minimum Gasteiger partial charge on any atom is -0.459 e. The Morgan fingerprint density at radius 2 is 1.54 bits per heavy atom. The first-order chi connectivity index (χ1) is 32.6. The summed E-state index contributed by atoms with van der Waals surface area (Å²) in [7, 11) is 0. The van der Waals surface area contributed by atoms with Crippen molar-refractivity contribution in [2.45, 2.75) is 134 Å². The van der Waals surface area contributed by atoms with Crippen molar-refractivity contribution in [1.29, 1.82) is 0 Å². The van der Waals surface area contributed by atoms with Gasteiger partial charge < -0.3 is 60.2 Å². The van der Waals surface area contributed by atoms with Crippen LogP contribution in [0.5, 0.6) is 0 Å². The molecule has 0 radical (unpaired) electrons. The molecule has 13 atom stereocenters. The molecule has 3 aliphatic carbocycles. The van der Waals surface area contributed by atoms with E-state index in [0.29, 0.717) is 0 Å². The van der Waals surface area contributed by atoms with Crippen LogP contribution in [-0.2, 0) is 66.7 Å². The maximum absolute atomic E-state index is 15.1. The molecule has 3 saturated carbocycles. The molecule has 70 heavy (non-hydrogen) atoms. The average Bonchev–Trinajstić information content (AvgIpc) is 3.27. The van der Waals surface area contributed by atoms with E-state index < -0.39 is 161 Å². The van der Waals surface area contributed by atoms with Crippen LogP contribution in [0.3, 0.4) is 0 Å². The van der Waals surface area contributed by atoms with Gasteiger partial charge >= 0.3 is 35.9 Å². The minimum absolute atomic E-state index is 0.00794. The summed E-state index contributed by atoms with van der Waals surface area (Å²) in [6.07, 6.45) is -11.1. The molecule has 2 amide bonds. The summed E-state index contributed by atoms with van der Waals surface area (Å²) in [6.45, 7) is 10.1. The standard InChI is InChI=1S/C49H61N3O18/c1-24-29(66-43(61)37(67-33(56)22-64-32(55)19-28(50)41(51)59)35(26-15-11-9-12-16-26)52-44(62)70-45(3,4)5)21-49(63)40(68-42(60)27-17-13-10-14-18-27)38-47(8,39(58)36(57)34(24)46(49,6)7)30(54)20-31-48(38,23-65-31)69-25(2)53/h9-18,24,28-31,34-35,37-38,40,54,63H,19-23,50H2,1-8H3,(H2,51,59)(H,52,62)/t24?,28-,29-,30-,31+,34?,35-,37+,38-,40-,47+,48-,49+/m0/s1. The van der Waals surface area contributed by atoms with Gasteiger partial charge in [-0.05, 0) is 45.4 Å². The van der Waals surface area contributed by atoms with Crippen molar-refractivity contribution >= 4 is 53.4 Å². The molecule has 7 N–H and O–H groups in total. The van der Waals surface area contributed by atoms with Crippen LogP contribution in [0, 0.1) is 28.6 Å². The number of aliphatic hydroxyl groups is 2. The smallest absolute Gasteiger partial charge is 0.408 e. The number of ketones is 2. The molecule has 0 spiro atoms. The van der Waals surface area contributed by atoms with Crippen molar-refractivity contribution in [3.63, 3.8) is 0 Å². The van der Waals surface area contributed by atoms with Crippen LogP contribution in [0.4, 0.5) is 4.79 Å². The monoisotopic (exact) mass is 979 g/mol. The van der Waals surface area contributed by atoms with Crippen LogP contribution in [0.25, 0.3) is 0 Å². The second kappa shape index (κ2) is 19.8. The first kappa shape index (κ1) is 53.1. The van der Waals surface area contributed by atoms with E-state index in [9.17, 15) is 43.8 Å². The molecule has 4 aliphatic rings. The minimum atomic E-state index is -2.51. The van der Waals surface area contributed by atoms with E-state index in [1.54, 1.807) is 57.2 Å². The molecule has 2 unspecified atom stereocenters. The SMILES string of the molecule is CC(=O)O[C@@]12CO[C@@H]1C[C@H](O)[C@@]1(C)C(=O)C(=O)C3C(C)[C@@H](OC(=O)[C@H](OC(=O)COC(=O)C[C@H](N)C(N)=O)[C@@H](NC(=O)OC(C)(C)C)c4ccccc4)C[C@@](O)([C@@H](OC(=O)c4ccccc4)[C@H]21)C3(C)C. The van der Waals surface area contributed by atoms with Gasteiger partial charge in [0.1, 0.15) is 35.6 Å². The number of esters is 5. The van der Waals surface area contributed by atoms with E-state index in [4.69, 9.17) is 44.6 Å². The topological polar surface area (TPSA) is 323 Å². The zero-order valence-corrected chi connectivity index (χ0v) is 40.2. The maximum atomic E-state index is 15.1. The molecular formula is C49H61N3O18. The number of aliphatic hydroxyl groups excluding tert-OH is 1. The van der Waals surface area contributed by atoms with Crippen molar-refractivity contribution in [2.24, 2.45) is 40.1 Å². The number of rotatable bonds is 14. The summed E-state index contributed by atoms with van der Waals surface area (Å²) in [4.78, 5) is 123. The fourth-order valence-electron chi connectivity index (χ4n) is 10.6. The van der Waals surface area contributed by atoms with Crippen molar-refractivity contribution in [3.8, 4) is 0 Å². The highest BCUT2D eigenvalue weighted by atomic mass is 16.6. The highest BCUT2D eigenvalue weighted by molar-refractivity contribution is 6.40. The highest BCUT2D eigenvalue weighted by Gasteiger charge is 2.79. The number of hydrogen-bond acceptors (Lipinski definition) is 19. The van der Waals surface area contributed by atoms with Gasteiger partial charge in [-0.25, -0.2) is 19.2 Å². The van der Waals surface area contributed by atoms with E-state index >= 15 is 9.59 Å². The van der Waals surface area contributed by atoms with E-state index in [2.05, 4.69) is 5.32 Å². The second-order valence-corrected chi connectivity index (χ2v) is 20.2. The highest BCUT2D eigenvalue weighted by Crippen LogP contribution is 2.64. The second-order valence-electron chi connectivity index (χ2n) is 20.2. The Morgan fingerprint density at radius 1 is 0.929 bits per heavy atom. The number of hydrogen-bond donors (Lipinski definition) is 5. The van der Waals surface area contributed by atoms with E-state index in [0.717, 1.165) is 6.92 Å². The lowest BCUT2D eigenvalue weighted by Gasteiger charge is -2.67. The van der Waals surface area contributed by atoms with E-state index in [-0.39, 0.29) is 24.2 Å². The Balaban J connectivity index is 1.47. The van der Waals surface area contributed by atoms with Gasteiger partial charge in [-0.3, -0.25) is 24.0 Å². The van der Waals surface area contributed by atoms with Crippen LogP contribution in [0.15, 0.2) is 60.7 Å². The quantitative estimate of drug-likeness (QED) is 0.102. The summed E-state index contributed by atoms with van der Waals surface area (Å²) < 4.78 is 40.5. The van der Waals surface area contributed by atoms with Crippen molar-refractivity contribution in [2.75, 3.05) is 13.2 Å². The third-order valence-electron chi connectivity index (χ3n) is 14.2. The molecule has 1 aliphatic heterocycles. The fourth-order valence-corrected chi connectivity index (χ4v) is 10.6. The lowest BCUT2D eigenvalue weighted by atomic mass is 9.42. The number of fused-ring (bicyclic) bond motifs is 5. The van der Waals surface area contributed by atoms with Gasteiger partial charge in [0.15, 0.2) is 12.2 Å². The lowest BCUT2D eigenvalue weighted by Crippen LogP contribution is -2.82. The van der Waals surface area contributed by atoms with Gasteiger partial charge in [-0.2, -0.15) is 0 Å². The maximum Gasteiger partial charge on any atom is 0.408 e. The normalized spacial score (nSPS) is 31.2. The first-order valence-electron chi connectivity index (χ1n) is 22.8.